The number of carbonyl (C=O) groups is 1. The van der Waals surface area contributed by atoms with Crippen LogP contribution in [-0.2, 0) is 4.79 Å². The minimum absolute atomic E-state index is 0.00519. The molecule has 1 aliphatic rings. The van der Waals surface area contributed by atoms with Crippen LogP contribution in [0, 0.1) is 11.7 Å². The van der Waals surface area contributed by atoms with Crippen molar-refractivity contribution in [2.75, 3.05) is 0 Å². The van der Waals surface area contributed by atoms with Gasteiger partial charge in [0.2, 0.25) is 0 Å². The van der Waals surface area contributed by atoms with E-state index in [1.807, 2.05) is 0 Å². The first-order valence-electron chi connectivity index (χ1n) is 4.27. The molecule has 1 aromatic carbocycles. The van der Waals surface area contributed by atoms with Crippen molar-refractivity contribution in [3.8, 4) is 0 Å². The second kappa shape index (κ2) is 3.24. The number of halogens is 2. The molecule has 0 aliphatic heterocycles. The Morgan fingerprint density at radius 2 is 2.29 bits per heavy atom. The normalized spacial score (nSPS) is 24.7. The summed E-state index contributed by atoms with van der Waals surface area (Å²) in [6, 6.07) is 4.37. The molecule has 2 rings (SSSR count). The summed E-state index contributed by atoms with van der Waals surface area (Å²) in [5.74, 6) is -1.58. The molecule has 4 heteroatoms. The second-order valence-electron chi connectivity index (χ2n) is 3.46. The fraction of sp³-hybridized carbons (Fsp3) is 0.300. The maximum Gasteiger partial charge on any atom is 0.307 e. The van der Waals surface area contributed by atoms with Crippen molar-refractivity contribution in [3.63, 3.8) is 0 Å². The number of benzene rings is 1. The molecule has 74 valence electrons. The number of carboxylic acids is 1. The molecule has 2 atom stereocenters. The van der Waals surface area contributed by atoms with Crippen molar-refractivity contribution in [3.05, 3.63) is 34.6 Å². The number of hydrogen-bond donors (Lipinski definition) is 1. The SMILES string of the molecule is O=C(O)[C@@H]1C[C@H]1c1ccc(F)c(Cl)c1. The molecule has 2 nitrogen and oxygen atoms in total. The Hall–Kier alpha value is -1.09. The van der Waals surface area contributed by atoms with Gasteiger partial charge in [-0.1, -0.05) is 17.7 Å². The Kier molecular flexibility index (Phi) is 2.19. The monoisotopic (exact) mass is 214 g/mol. The minimum atomic E-state index is -0.796. The van der Waals surface area contributed by atoms with E-state index in [0.717, 1.165) is 5.56 Å². The first-order valence-corrected chi connectivity index (χ1v) is 4.65. The van der Waals surface area contributed by atoms with Crippen molar-refractivity contribution in [1.82, 2.24) is 0 Å². The fourth-order valence-corrected chi connectivity index (χ4v) is 1.77. The Labute approximate surface area is 85.3 Å². The Morgan fingerprint density at radius 3 is 2.79 bits per heavy atom. The maximum absolute atomic E-state index is 12.8. The van der Waals surface area contributed by atoms with Gasteiger partial charge < -0.3 is 5.11 Å². The van der Waals surface area contributed by atoms with Crippen LogP contribution in [0.2, 0.25) is 5.02 Å². The van der Waals surface area contributed by atoms with Gasteiger partial charge in [-0.15, -0.1) is 0 Å². The van der Waals surface area contributed by atoms with Gasteiger partial charge in [-0.2, -0.15) is 0 Å². The summed E-state index contributed by atoms with van der Waals surface area (Å²) >= 11 is 5.59. The van der Waals surface area contributed by atoms with Crippen LogP contribution in [0.5, 0.6) is 0 Å². The fourth-order valence-electron chi connectivity index (χ4n) is 1.58. The highest BCUT2D eigenvalue weighted by Gasteiger charge is 2.44. The predicted octanol–water partition coefficient (Wildman–Crippen LogP) is 2.67. The second-order valence-corrected chi connectivity index (χ2v) is 3.87. The average Bonchev–Trinajstić information content (AvgIpc) is 2.89. The third kappa shape index (κ3) is 1.60. The van der Waals surface area contributed by atoms with Gasteiger partial charge in [0.1, 0.15) is 5.82 Å². The Bertz CT molecular complexity index is 392. The summed E-state index contributed by atoms with van der Waals surface area (Å²) < 4.78 is 12.8. The predicted molar refractivity (Wildman–Crippen MR) is 49.9 cm³/mol. The third-order valence-electron chi connectivity index (χ3n) is 2.48. The third-order valence-corrected chi connectivity index (χ3v) is 2.77. The molecule has 1 aromatic rings. The van der Waals surface area contributed by atoms with E-state index >= 15 is 0 Å². The van der Waals surface area contributed by atoms with Gasteiger partial charge in [-0.05, 0) is 30.0 Å². The molecule has 1 aliphatic carbocycles. The summed E-state index contributed by atoms with van der Waals surface area (Å²) in [6.45, 7) is 0. The van der Waals surface area contributed by atoms with Crippen LogP contribution in [0.1, 0.15) is 17.9 Å². The highest BCUT2D eigenvalue weighted by Crippen LogP contribution is 2.48. The van der Waals surface area contributed by atoms with Crippen molar-refractivity contribution in [2.24, 2.45) is 5.92 Å². The van der Waals surface area contributed by atoms with Crippen LogP contribution in [-0.4, -0.2) is 11.1 Å². The zero-order chi connectivity index (χ0) is 10.3. The number of carboxylic acid groups (broad SMARTS) is 1. The zero-order valence-corrected chi connectivity index (χ0v) is 7.96. The molecular formula is C10H8ClFO2. The minimum Gasteiger partial charge on any atom is -0.481 e. The molecule has 0 unspecified atom stereocenters. The van der Waals surface area contributed by atoms with E-state index in [4.69, 9.17) is 16.7 Å². The highest BCUT2D eigenvalue weighted by atomic mass is 35.5. The molecule has 0 spiro atoms. The van der Waals surface area contributed by atoms with Crippen LogP contribution in [0.15, 0.2) is 18.2 Å². The van der Waals surface area contributed by atoms with Crippen LogP contribution >= 0.6 is 11.6 Å². The molecule has 0 bridgehead atoms. The molecule has 0 amide bonds. The number of hydrogen-bond acceptors (Lipinski definition) is 1. The van der Waals surface area contributed by atoms with E-state index in [1.165, 1.54) is 12.1 Å². The van der Waals surface area contributed by atoms with E-state index in [-0.39, 0.29) is 16.9 Å². The summed E-state index contributed by atoms with van der Waals surface area (Å²) in [6.07, 6.45) is 0.622. The van der Waals surface area contributed by atoms with Gasteiger partial charge in [-0.3, -0.25) is 4.79 Å². The molecule has 0 radical (unpaired) electrons. The van der Waals surface area contributed by atoms with E-state index < -0.39 is 11.8 Å². The first kappa shape index (κ1) is 9.46. The van der Waals surface area contributed by atoms with Crippen molar-refractivity contribution >= 4 is 17.6 Å². The van der Waals surface area contributed by atoms with Crippen molar-refractivity contribution < 1.29 is 14.3 Å². The van der Waals surface area contributed by atoms with Gasteiger partial charge in [0.15, 0.2) is 0 Å². The molecule has 0 saturated heterocycles. The van der Waals surface area contributed by atoms with Crippen LogP contribution in [0.25, 0.3) is 0 Å². The molecule has 1 N–H and O–H groups in total. The Morgan fingerprint density at radius 1 is 1.57 bits per heavy atom. The summed E-state index contributed by atoms with van der Waals surface area (Å²) in [5.41, 5.74) is 0.809. The lowest BCUT2D eigenvalue weighted by molar-refractivity contribution is -0.138. The summed E-state index contributed by atoms with van der Waals surface area (Å²) in [4.78, 5) is 10.6. The van der Waals surface area contributed by atoms with Crippen molar-refractivity contribution in [2.45, 2.75) is 12.3 Å². The molecule has 1 saturated carbocycles. The summed E-state index contributed by atoms with van der Waals surface area (Å²) in [5, 5.41) is 8.76. The lowest BCUT2D eigenvalue weighted by Crippen LogP contribution is -1.98. The maximum atomic E-state index is 12.8. The lowest BCUT2D eigenvalue weighted by Gasteiger charge is -1.99. The topological polar surface area (TPSA) is 37.3 Å². The van der Waals surface area contributed by atoms with Crippen LogP contribution in [0.3, 0.4) is 0 Å². The quantitative estimate of drug-likeness (QED) is 0.822. The molecule has 0 heterocycles. The molecule has 0 aromatic heterocycles. The number of rotatable bonds is 2. The van der Waals surface area contributed by atoms with Crippen LogP contribution < -0.4 is 0 Å². The average molecular weight is 215 g/mol. The highest BCUT2D eigenvalue weighted by molar-refractivity contribution is 6.30. The smallest absolute Gasteiger partial charge is 0.307 e. The first-order chi connectivity index (χ1) is 6.59. The van der Waals surface area contributed by atoms with E-state index in [0.29, 0.717) is 6.42 Å². The van der Waals surface area contributed by atoms with E-state index in [9.17, 15) is 9.18 Å². The Balaban J connectivity index is 2.20. The van der Waals surface area contributed by atoms with E-state index in [1.54, 1.807) is 6.07 Å². The summed E-state index contributed by atoms with van der Waals surface area (Å²) in [7, 11) is 0. The molecule has 1 fully saturated rings. The van der Waals surface area contributed by atoms with E-state index in [2.05, 4.69) is 0 Å². The standard InChI is InChI=1S/C10H8ClFO2/c11-8-3-5(1-2-9(8)12)6-4-7(6)10(13)14/h1-3,6-7H,4H2,(H,13,14)/t6-,7+/m0/s1. The van der Waals surface area contributed by atoms with Gasteiger partial charge >= 0.3 is 5.97 Å². The van der Waals surface area contributed by atoms with Gasteiger partial charge in [0.05, 0.1) is 10.9 Å². The molecule has 14 heavy (non-hydrogen) atoms. The van der Waals surface area contributed by atoms with Gasteiger partial charge in [0.25, 0.3) is 0 Å². The largest absolute Gasteiger partial charge is 0.481 e. The lowest BCUT2D eigenvalue weighted by atomic mass is 10.1. The van der Waals surface area contributed by atoms with Gasteiger partial charge in [0, 0.05) is 0 Å². The zero-order valence-electron chi connectivity index (χ0n) is 7.21. The van der Waals surface area contributed by atoms with Gasteiger partial charge in [-0.25, -0.2) is 4.39 Å². The number of aliphatic carboxylic acids is 1. The van der Waals surface area contributed by atoms with Crippen LogP contribution in [0.4, 0.5) is 4.39 Å². The molecular weight excluding hydrogens is 207 g/mol. The van der Waals surface area contributed by atoms with Crippen molar-refractivity contribution in [1.29, 1.82) is 0 Å².